The first-order valence-electron chi connectivity index (χ1n) is 7.09. The van der Waals surface area contributed by atoms with Crippen LogP contribution in [-0.4, -0.2) is 36.7 Å². The van der Waals surface area contributed by atoms with Crippen molar-refractivity contribution in [2.24, 2.45) is 0 Å². The van der Waals surface area contributed by atoms with Crippen LogP contribution in [0.25, 0.3) is 0 Å². The van der Waals surface area contributed by atoms with Gasteiger partial charge in [0.1, 0.15) is 0 Å². The Balaban J connectivity index is 0.00000106. The molecule has 0 radical (unpaired) electrons. The highest BCUT2D eigenvalue weighted by Crippen LogP contribution is 2.15. The summed E-state index contributed by atoms with van der Waals surface area (Å²) in [5.74, 6) is 0. The molecule has 0 saturated carbocycles. The summed E-state index contributed by atoms with van der Waals surface area (Å²) in [5, 5.41) is 0. The van der Waals surface area contributed by atoms with Gasteiger partial charge in [0.15, 0.2) is 0 Å². The molecule has 0 spiro atoms. The van der Waals surface area contributed by atoms with Gasteiger partial charge in [-0.15, -0.1) is 0 Å². The van der Waals surface area contributed by atoms with E-state index in [4.69, 9.17) is 4.74 Å². The average molecular weight is 229 g/mol. The topological polar surface area (TPSA) is 12.5 Å². The molecule has 0 unspecified atom stereocenters. The van der Waals surface area contributed by atoms with E-state index in [0.29, 0.717) is 12.1 Å². The Morgan fingerprint density at radius 2 is 1.75 bits per heavy atom. The monoisotopic (exact) mass is 229 g/mol. The summed E-state index contributed by atoms with van der Waals surface area (Å²) >= 11 is 0. The minimum atomic E-state index is 0.538. The summed E-state index contributed by atoms with van der Waals surface area (Å²) in [6.45, 7) is 14.2. The number of likely N-dealkylation sites (tertiary alicyclic amines) is 1. The van der Waals surface area contributed by atoms with Gasteiger partial charge in [0.2, 0.25) is 0 Å². The van der Waals surface area contributed by atoms with Crippen molar-refractivity contribution in [3.05, 3.63) is 0 Å². The third-order valence-corrected chi connectivity index (χ3v) is 3.06. The molecule has 0 atom stereocenters. The molecule has 1 heterocycles. The third kappa shape index (κ3) is 6.49. The first kappa shape index (κ1) is 15.9. The minimum absolute atomic E-state index is 0.538. The fourth-order valence-corrected chi connectivity index (χ4v) is 1.95. The fourth-order valence-electron chi connectivity index (χ4n) is 1.95. The normalized spacial score (nSPS) is 18.4. The van der Waals surface area contributed by atoms with Gasteiger partial charge in [-0.1, -0.05) is 27.2 Å². The van der Waals surface area contributed by atoms with E-state index in [-0.39, 0.29) is 0 Å². The van der Waals surface area contributed by atoms with Crippen molar-refractivity contribution < 1.29 is 4.74 Å². The van der Waals surface area contributed by atoms with Gasteiger partial charge in [-0.05, 0) is 33.1 Å². The molecule has 0 N–H and O–H groups in total. The predicted octanol–water partition coefficient (Wildman–Crippen LogP) is 3.70. The summed E-state index contributed by atoms with van der Waals surface area (Å²) in [4.78, 5) is 2.54. The summed E-state index contributed by atoms with van der Waals surface area (Å²) in [7, 11) is 0. The number of hydrogen-bond donors (Lipinski definition) is 0. The van der Waals surface area contributed by atoms with Crippen molar-refractivity contribution in [1.29, 1.82) is 0 Å². The van der Waals surface area contributed by atoms with Gasteiger partial charge >= 0.3 is 0 Å². The van der Waals surface area contributed by atoms with Gasteiger partial charge in [0, 0.05) is 25.7 Å². The van der Waals surface area contributed by atoms with Crippen molar-refractivity contribution in [1.82, 2.24) is 4.90 Å². The van der Waals surface area contributed by atoms with E-state index in [1.807, 2.05) is 13.8 Å². The fraction of sp³-hybridized carbons (Fsp3) is 1.00. The van der Waals surface area contributed by atoms with E-state index in [1.165, 1.54) is 38.8 Å². The molecule has 0 aliphatic carbocycles. The van der Waals surface area contributed by atoms with Crippen LogP contribution in [0, 0.1) is 0 Å². The second kappa shape index (κ2) is 10.1. The van der Waals surface area contributed by atoms with E-state index >= 15 is 0 Å². The predicted molar refractivity (Wildman–Crippen MR) is 71.9 cm³/mol. The van der Waals surface area contributed by atoms with Gasteiger partial charge in [0.25, 0.3) is 0 Å². The Morgan fingerprint density at radius 1 is 1.19 bits per heavy atom. The first-order valence-corrected chi connectivity index (χ1v) is 7.09. The van der Waals surface area contributed by atoms with Crippen molar-refractivity contribution in [2.75, 3.05) is 19.7 Å². The zero-order valence-corrected chi connectivity index (χ0v) is 12.0. The molecule has 0 aromatic carbocycles. The molecular formula is C14H31NO. The lowest BCUT2D eigenvalue weighted by Crippen LogP contribution is -2.40. The Labute approximate surface area is 102 Å². The van der Waals surface area contributed by atoms with Gasteiger partial charge < -0.3 is 9.64 Å². The SMILES string of the molecule is CC.CCCCOC1CCN(C(C)C)CC1. The molecule has 1 aliphatic heterocycles. The number of nitrogens with zero attached hydrogens (tertiary/aromatic N) is 1. The van der Waals surface area contributed by atoms with Crippen molar-refractivity contribution in [2.45, 2.75) is 72.4 Å². The lowest BCUT2D eigenvalue weighted by Gasteiger charge is -2.34. The van der Waals surface area contributed by atoms with Crippen LogP contribution in [0.1, 0.15) is 60.3 Å². The molecule has 98 valence electrons. The van der Waals surface area contributed by atoms with E-state index in [2.05, 4.69) is 25.7 Å². The Bertz CT molecular complexity index is 140. The van der Waals surface area contributed by atoms with Crippen molar-refractivity contribution >= 4 is 0 Å². The second-order valence-corrected chi connectivity index (χ2v) is 4.55. The van der Waals surface area contributed by atoms with E-state index in [0.717, 1.165) is 6.61 Å². The molecule has 2 heteroatoms. The van der Waals surface area contributed by atoms with Crippen LogP contribution < -0.4 is 0 Å². The summed E-state index contributed by atoms with van der Waals surface area (Å²) in [6, 6.07) is 0.701. The van der Waals surface area contributed by atoms with E-state index in [9.17, 15) is 0 Å². The lowest BCUT2D eigenvalue weighted by molar-refractivity contribution is 0.000331. The van der Waals surface area contributed by atoms with Gasteiger partial charge in [-0.25, -0.2) is 0 Å². The summed E-state index contributed by atoms with van der Waals surface area (Å²) in [6.07, 6.45) is 5.44. The molecule has 1 saturated heterocycles. The van der Waals surface area contributed by atoms with E-state index in [1.54, 1.807) is 0 Å². The number of piperidine rings is 1. The highest BCUT2D eigenvalue weighted by atomic mass is 16.5. The van der Waals surface area contributed by atoms with Gasteiger partial charge in [0.05, 0.1) is 6.10 Å². The Morgan fingerprint density at radius 3 is 2.19 bits per heavy atom. The quantitative estimate of drug-likeness (QED) is 0.666. The van der Waals surface area contributed by atoms with Gasteiger partial charge in [-0.3, -0.25) is 0 Å². The second-order valence-electron chi connectivity index (χ2n) is 4.55. The molecule has 0 aromatic rings. The highest BCUT2D eigenvalue weighted by molar-refractivity contribution is 4.74. The molecule has 1 rings (SSSR count). The average Bonchev–Trinajstić information content (AvgIpc) is 2.33. The summed E-state index contributed by atoms with van der Waals surface area (Å²) in [5.41, 5.74) is 0. The lowest BCUT2D eigenvalue weighted by atomic mass is 10.1. The zero-order chi connectivity index (χ0) is 12.4. The van der Waals surface area contributed by atoms with Crippen LogP contribution in [0.15, 0.2) is 0 Å². The standard InChI is InChI=1S/C12H25NO.C2H6/c1-4-5-10-14-12-6-8-13(9-7-12)11(2)3;1-2/h11-12H,4-10H2,1-3H3;1-2H3. The first-order chi connectivity index (χ1) is 7.74. The molecule has 2 nitrogen and oxygen atoms in total. The molecule has 1 aliphatic rings. The molecule has 0 aromatic heterocycles. The van der Waals surface area contributed by atoms with Crippen LogP contribution in [-0.2, 0) is 4.74 Å². The Hall–Kier alpha value is -0.0800. The smallest absolute Gasteiger partial charge is 0.0599 e. The largest absolute Gasteiger partial charge is 0.378 e. The van der Waals surface area contributed by atoms with Crippen LogP contribution in [0.3, 0.4) is 0 Å². The maximum absolute atomic E-state index is 5.82. The number of unbranched alkanes of at least 4 members (excludes halogenated alkanes) is 1. The number of ether oxygens (including phenoxy) is 1. The maximum atomic E-state index is 5.82. The van der Waals surface area contributed by atoms with Crippen LogP contribution >= 0.6 is 0 Å². The zero-order valence-electron chi connectivity index (χ0n) is 12.0. The molecule has 0 amide bonds. The molecule has 1 fully saturated rings. The van der Waals surface area contributed by atoms with E-state index < -0.39 is 0 Å². The molecule has 16 heavy (non-hydrogen) atoms. The van der Waals surface area contributed by atoms with Crippen molar-refractivity contribution in [3.63, 3.8) is 0 Å². The van der Waals surface area contributed by atoms with Crippen LogP contribution in [0.4, 0.5) is 0 Å². The minimum Gasteiger partial charge on any atom is -0.378 e. The maximum Gasteiger partial charge on any atom is 0.0599 e. The number of rotatable bonds is 5. The van der Waals surface area contributed by atoms with Crippen molar-refractivity contribution in [3.8, 4) is 0 Å². The third-order valence-electron chi connectivity index (χ3n) is 3.06. The Kier molecular flexibility index (Phi) is 10.0. The molecule has 0 bridgehead atoms. The van der Waals surface area contributed by atoms with Gasteiger partial charge in [-0.2, -0.15) is 0 Å². The van der Waals surface area contributed by atoms with Crippen LogP contribution in [0.2, 0.25) is 0 Å². The summed E-state index contributed by atoms with van der Waals surface area (Å²) < 4.78 is 5.82. The number of hydrogen-bond acceptors (Lipinski definition) is 2. The molecular weight excluding hydrogens is 198 g/mol. The highest BCUT2D eigenvalue weighted by Gasteiger charge is 2.20. The van der Waals surface area contributed by atoms with Crippen LogP contribution in [0.5, 0.6) is 0 Å².